The fourth-order valence-corrected chi connectivity index (χ4v) is 2.14. The van der Waals surface area contributed by atoms with Gasteiger partial charge in [0, 0.05) is 0 Å². The van der Waals surface area contributed by atoms with Crippen molar-refractivity contribution in [3.05, 3.63) is 41.4 Å². The molecule has 0 atom stereocenters. The van der Waals surface area contributed by atoms with Crippen LogP contribution in [0, 0.1) is 0 Å². The maximum atomic E-state index is 11.5. The molecule has 6 nitrogen and oxygen atoms in total. The summed E-state index contributed by atoms with van der Waals surface area (Å²) in [5.41, 5.74) is 0.763. The Balaban J connectivity index is 2.03. The van der Waals surface area contributed by atoms with E-state index in [9.17, 15) is 8.42 Å². The topological polar surface area (TPSA) is 84.2 Å². The van der Waals surface area contributed by atoms with E-state index >= 15 is 0 Å². The van der Waals surface area contributed by atoms with Gasteiger partial charge in [0.15, 0.2) is 0 Å². The van der Waals surface area contributed by atoms with Gasteiger partial charge < -0.3 is 9.73 Å². The molecule has 2 aromatic heterocycles. The number of rotatable bonds is 5. The molecule has 0 amide bonds. The minimum absolute atomic E-state index is 0.110. The van der Waals surface area contributed by atoms with Gasteiger partial charge in [0.2, 0.25) is 5.09 Å². The quantitative estimate of drug-likeness (QED) is 0.823. The second-order valence-corrected chi connectivity index (χ2v) is 5.86. The number of hydrogen-bond acceptors (Lipinski definition) is 5. The molecule has 0 saturated heterocycles. The van der Waals surface area contributed by atoms with Crippen LogP contribution in [-0.2, 0) is 16.6 Å². The van der Waals surface area contributed by atoms with E-state index in [2.05, 4.69) is 15.0 Å². The monoisotopic (exact) mass is 301 g/mol. The molecule has 0 radical (unpaired) electrons. The lowest BCUT2D eigenvalue weighted by Gasteiger charge is -2.03. The molecule has 2 aromatic rings. The molecule has 102 valence electrons. The van der Waals surface area contributed by atoms with E-state index in [-0.39, 0.29) is 5.09 Å². The van der Waals surface area contributed by atoms with Crippen LogP contribution in [0.15, 0.2) is 40.0 Å². The van der Waals surface area contributed by atoms with Gasteiger partial charge >= 0.3 is 0 Å². The molecular weight excluding hydrogens is 290 g/mol. The summed E-state index contributed by atoms with van der Waals surface area (Å²) in [4.78, 5) is 3.92. The molecule has 0 aliphatic rings. The van der Waals surface area contributed by atoms with Crippen molar-refractivity contribution in [2.75, 3.05) is 12.4 Å². The highest BCUT2D eigenvalue weighted by atomic mass is 35.5. The molecule has 2 N–H and O–H groups in total. The average Bonchev–Trinajstić information content (AvgIpc) is 2.88. The lowest BCUT2D eigenvalue weighted by molar-refractivity contribution is 0.417. The van der Waals surface area contributed by atoms with Gasteiger partial charge in [-0.3, -0.25) is 0 Å². The molecule has 2 heterocycles. The summed E-state index contributed by atoms with van der Waals surface area (Å²) in [6.07, 6.45) is 1.58. The summed E-state index contributed by atoms with van der Waals surface area (Å²) in [5.74, 6) is 0.503. The van der Waals surface area contributed by atoms with Crippen LogP contribution in [0.1, 0.15) is 5.76 Å². The summed E-state index contributed by atoms with van der Waals surface area (Å²) in [6, 6.07) is 6.43. The van der Waals surface area contributed by atoms with E-state index in [0.29, 0.717) is 17.5 Å². The molecular formula is C11H12ClN3O3S. The number of furan rings is 1. The van der Waals surface area contributed by atoms with Crippen LogP contribution in [0.5, 0.6) is 0 Å². The molecule has 2 rings (SSSR count). The van der Waals surface area contributed by atoms with Gasteiger partial charge in [0.25, 0.3) is 10.0 Å². The van der Waals surface area contributed by atoms with Crippen LogP contribution >= 0.6 is 11.6 Å². The number of pyridine rings is 1. The fraction of sp³-hybridized carbons (Fsp3) is 0.182. The van der Waals surface area contributed by atoms with Crippen LogP contribution < -0.4 is 10.0 Å². The van der Waals surface area contributed by atoms with E-state index in [4.69, 9.17) is 16.0 Å². The van der Waals surface area contributed by atoms with Gasteiger partial charge in [0.1, 0.15) is 10.9 Å². The normalized spacial score (nSPS) is 11.5. The maximum absolute atomic E-state index is 11.5. The van der Waals surface area contributed by atoms with Crippen molar-refractivity contribution in [2.24, 2.45) is 0 Å². The van der Waals surface area contributed by atoms with Gasteiger partial charge in [0.05, 0.1) is 18.4 Å². The SMILES string of the molecule is CNS(=O)(=O)c1ccc(CNc2ccc(Cl)nc2)o1. The third kappa shape index (κ3) is 3.46. The molecule has 0 unspecified atom stereocenters. The molecule has 8 heteroatoms. The van der Waals surface area contributed by atoms with Crippen LogP contribution in [0.25, 0.3) is 0 Å². The number of nitrogens with zero attached hydrogens (tertiary/aromatic N) is 1. The highest BCUT2D eigenvalue weighted by Gasteiger charge is 2.15. The van der Waals surface area contributed by atoms with Crippen molar-refractivity contribution in [1.29, 1.82) is 0 Å². The van der Waals surface area contributed by atoms with E-state index in [1.54, 1.807) is 24.4 Å². The number of aromatic nitrogens is 1. The van der Waals surface area contributed by atoms with Crippen molar-refractivity contribution < 1.29 is 12.8 Å². The smallest absolute Gasteiger partial charge is 0.273 e. The van der Waals surface area contributed by atoms with Crippen molar-refractivity contribution in [3.63, 3.8) is 0 Å². The zero-order valence-electron chi connectivity index (χ0n) is 10.1. The molecule has 0 spiro atoms. The minimum atomic E-state index is -3.54. The van der Waals surface area contributed by atoms with E-state index in [0.717, 1.165) is 5.69 Å². The lowest BCUT2D eigenvalue weighted by Crippen LogP contribution is -2.17. The Labute approximate surface area is 115 Å². The number of nitrogens with one attached hydrogen (secondary N) is 2. The van der Waals surface area contributed by atoms with Crippen LogP contribution in [0.4, 0.5) is 5.69 Å². The van der Waals surface area contributed by atoms with Crippen molar-refractivity contribution in [3.8, 4) is 0 Å². The van der Waals surface area contributed by atoms with E-state index in [1.165, 1.54) is 13.1 Å². The van der Waals surface area contributed by atoms with Crippen molar-refractivity contribution in [1.82, 2.24) is 9.71 Å². The maximum Gasteiger partial charge on any atom is 0.273 e. The van der Waals surface area contributed by atoms with E-state index < -0.39 is 10.0 Å². The molecule has 0 saturated carbocycles. The summed E-state index contributed by atoms with van der Waals surface area (Å²) < 4.78 is 30.4. The first-order chi connectivity index (χ1) is 9.01. The van der Waals surface area contributed by atoms with Crippen molar-refractivity contribution in [2.45, 2.75) is 11.6 Å². The third-order valence-electron chi connectivity index (χ3n) is 2.36. The van der Waals surface area contributed by atoms with Gasteiger partial charge in [-0.2, -0.15) is 0 Å². The number of sulfonamides is 1. The average molecular weight is 302 g/mol. The largest absolute Gasteiger partial charge is 0.446 e. The Morgan fingerprint density at radius 1 is 1.32 bits per heavy atom. The summed E-state index contributed by atoms with van der Waals surface area (Å²) >= 11 is 5.67. The summed E-state index contributed by atoms with van der Waals surface area (Å²) in [5, 5.41) is 3.34. The first kappa shape index (κ1) is 13.9. The van der Waals surface area contributed by atoms with Gasteiger partial charge in [-0.1, -0.05) is 11.6 Å². The molecule has 0 aromatic carbocycles. The van der Waals surface area contributed by atoms with E-state index in [1.807, 2.05) is 0 Å². The second kappa shape index (κ2) is 5.60. The Hall–Kier alpha value is -1.57. The number of hydrogen-bond donors (Lipinski definition) is 2. The Bertz CT molecular complexity index is 652. The Morgan fingerprint density at radius 2 is 2.11 bits per heavy atom. The first-order valence-corrected chi connectivity index (χ1v) is 7.25. The van der Waals surface area contributed by atoms with Gasteiger partial charge in [-0.15, -0.1) is 0 Å². The highest BCUT2D eigenvalue weighted by Crippen LogP contribution is 2.15. The number of anilines is 1. The molecule has 0 aliphatic carbocycles. The zero-order chi connectivity index (χ0) is 13.9. The first-order valence-electron chi connectivity index (χ1n) is 5.39. The summed E-state index contributed by atoms with van der Waals surface area (Å²) in [7, 11) is -2.21. The lowest BCUT2D eigenvalue weighted by atomic mass is 10.4. The Kier molecular flexibility index (Phi) is 4.08. The van der Waals surface area contributed by atoms with Gasteiger partial charge in [-0.05, 0) is 31.3 Å². The minimum Gasteiger partial charge on any atom is -0.446 e. The standard InChI is InChI=1S/C11H12ClN3O3S/c1-13-19(16,17)11-5-3-9(18-11)7-14-8-2-4-10(12)15-6-8/h2-6,13-14H,7H2,1H3. The zero-order valence-corrected chi connectivity index (χ0v) is 11.6. The predicted molar refractivity (Wildman–Crippen MR) is 71.5 cm³/mol. The predicted octanol–water partition coefficient (Wildman–Crippen LogP) is 1.85. The van der Waals surface area contributed by atoms with Crippen LogP contribution in [-0.4, -0.2) is 20.4 Å². The fourth-order valence-electron chi connectivity index (χ4n) is 1.37. The molecule has 0 bridgehead atoms. The molecule has 19 heavy (non-hydrogen) atoms. The Morgan fingerprint density at radius 3 is 2.74 bits per heavy atom. The summed E-state index contributed by atoms with van der Waals surface area (Å²) in [6.45, 7) is 0.350. The molecule has 0 aliphatic heterocycles. The van der Waals surface area contributed by atoms with Crippen molar-refractivity contribution >= 4 is 27.3 Å². The second-order valence-electron chi connectivity index (χ2n) is 3.65. The van der Waals surface area contributed by atoms with Crippen LogP contribution in [0.2, 0.25) is 5.15 Å². The molecule has 0 fully saturated rings. The third-order valence-corrected chi connectivity index (χ3v) is 3.87. The highest BCUT2D eigenvalue weighted by molar-refractivity contribution is 7.89. The number of halogens is 1. The van der Waals surface area contributed by atoms with Crippen LogP contribution in [0.3, 0.4) is 0 Å². The van der Waals surface area contributed by atoms with Gasteiger partial charge in [-0.25, -0.2) is 18.1 Å².